The minimum atomic E-state index is -0.674. The highest BCUT2D eigenvalue weighted by molar-refractivity contribution is 6.36. The molecule has 1 atom stereocenters. The highest BCUT2D eigenvalue weighted by atomic mass is 16.3. The molecule has 2 aromatic heterocycles. The summed E-state index contributed by atoms with van der Waals surface area (Å²) in [5, 5.41) is 20.8. The lowest BCUT2D eigenvalue weighted by molar-refractivity contribution is -0.122. The van der Waals surface area contributed by atoms with Crippen LogP contribution < -0.4 is 21.8 Å². The Morgan fingerprint density at radius 3 is 2.61 bits per heavy atom. The van der Waals surface area contributed by atoms with Crippen molar-refractivity contribution in [3.63, 3.8) is 0 Å². The number of rotatable bonds is 9. The maximum Gasteiger partial charge on any atom is 0.241 e. The summed E-state index contributed by atoms with van der Waals surface area (Å²) >= 11 is 0. The second kappa shape index (κ2) is 10.2. The molecule has 2 heterocycles. The van der Waals surface area contributed by atoms with Crippen molar-refractivity contribution in [1.29, 1.82) is 0 Å². The summed E-state index contributed by atoms with van der Waals surface area (Å²) in [6, 6.07) is 17.5. The molecule has 8 nitrogen and oxygen atoms in total. The van der Waals surface area contributed by atoms with Crippen molar-refractivity contribution < 1.29 is 9.90 Å². The van der Waals surface area contributed by atoms with Crippen LogP contribution in [0.5, 0.6) is 5.75 Å². The number of anilines is 1. The normalized spacial score (nSPS) is 11.9. The molecule has 4 rings (SSSR count). The molecule has 0 saturated carbocycles. The number of hydrogen-bond donors (Lipinski definition) is 4. The minimum Gasteiger partial charge on any atom is -0.507 e. The molecule has 0 aliphatic heterocycles. The Bertz CT molecular complexity index is 1240. The Labute approximate surface area is 193 Å². The van der Waals surface area contributed by atoms with Crippen LogP contribution in [0.2, 0.25) is 0 Å². The van der Waals surface area contributed by atoms with Crippen LogP contribution >= 0.6 is 0 Å². The van der Waals surface area contributed by atoms with E-state index in [2.05, 4.69) is 20.7 Å². The first kappa shape index (κ1) is 22.4. The number of amides is 1. The van der Waals surface area contributed by atoms with Crippen molar-refractivity contribution in [1.82, 2.24) is 19.9 Å². The van der Waals surface area contributed by atoms with Gasteiger partial charge >= 0.3 is 0 Å². The van der Waals surface area contributed by atoms with E-state index in [0.717, 1.165) is 18.4 Å². The fourth-order valence-electron chi connectivity index (χ4n) is 3.53. The van der Waals surface area contributed by atoms with Gasteiger partial charge in [-0.3, -0.25) is 4.79 Å². The molecule has 1 amide bonds. The largest absolute Gasteiger partial charge is 0.507 e. The van der Waals surface area contributed by atoms with Crippen molar-refractivity contribution in [3.8, 4) is 17.0 Å². The first-order chi connectivity index (χ1) is 16.0. The van der Waals surface area contributed by atoms with E-state index in [0.29, 0.717) is 41.3 Å². The van der Waals surface area contributed by atoms with Gasteiger partial charge < -0.3 is 21.5 Å². The zero-order valence-electron chi connectivity index (χ0n) is 18.1. The third-order valence-corrected chi connectivity index (χ3v) is 5.33. The number of para-hydroxylation sites is 1. The number of unbranched alkanes of at least 4 members (excludes halogenated alkanes) is 1. The molecule has 2 radical (unpaired) electrons. The Balaban J connectivity index is 1.34. The highest BCUT2D eigenvalue weighted by Gasteiger charge is 2.15. The quantitative estimate of drug-likeness (QED) is 0.233. The molecule has 0 bridgehead atoms. The Kier molecular flexibility index (Phi) is 6.90. The number of fused-ring (bicyclic) bond motifs is 1. The van der Waals surface area contributed by atoms with Gasteiger partial charge in [-0.25, -0.2) is 4.98 Å². The van der Waals surface area contributed by atoms with Gasteiger partial charge in [-0.1, -0.05) is 42.5 Å². The number of phenolic OH excluding ortho intramolecular Hbond substituents is 1. The van der Waals surface area contributed by atoms with Gasteiger partial charge in [0.25, 0.3) is 0 Å². The van der Waals surface area contributed by atoms with Crippen LogP contribution in [0.15, 0.2) is 66.9 Å². The minimum absolute atomic E-state index is 0.142. The predicted molar refractivity (Wildman–Crippen MR) is 130 cm³/mol. The third-order valence-electron chi connectivity index (χ3n) is 5.33. The summed E-state index contributed by atoms with van der Waals surface area (Å²) < 4.78 is 1.64. The number of nitrogens with two attached hydrogens (primary N) is 1. The zero-order chi connectivity index (χ0) is 23.2. The van der Waals surface area contributed by atoms with Gasteiger partial charge in [0.1, 0.15) is 25.5 Å². The van der Waals surface area contributed by atoms with Crippen LogP contribution in [0.4, 0.5) is 5.82 Å². The van der Waals surface area contributed by atoms with Crippen molar-refractivity contribution in [2.75, 3.05) is 18.4 Å². The van der Waals surface area contributed by atoms with Crippen LogP contribution in [0.3, 0.4) is 0 Å². The van der Waals surface area contributed by atoms with Gasteiger partial charge in [0.15, 0.2) is 5.65 Å². The molecular formula is C24H25BN6O2. The van der Waals surface area contributed by atoms with Crippen molar-refractivity contribution >= 4 is 30.7 Å². The van der Waals surface area contributed by atoms with Gasteiger partial charge in [0.2, 0.25) is 5.91 Å². The van der Waals surface area contributed by atoms with E-state index in [1.54, 1.807) is 28.9 Å². The number of nitrogens with one attached hydrogen (secondary N) is 2. The topological polar surface area (TPSA) is 118 Å². The fraction of sp³-hybridized carbons (Fsp3) is 0.208. The SMILES string of the molecule is [B]c1cnn2c(NCCCCNC(=O)C(N)c3ccccc3)cc(-c3ccccc3O)nc12. The number of phenols is 1. The molecule has 9 heteroatoms. The van der Waals surface area contributed by atoms with Crippen molar-refractivity contribution in [3.05, 3.63) is 72.4 Å². The van der Waals surface area contributed by atoms with E-state index in [9.17, 15) is 9.90 Å². The Morgan fingerprint density at radius 1 is 1.09 bits per heavy atom. The molecule has 0 aliphatic carbocycles. The number of hydrogen-bond acceptors (Lipinski definition) is 6. The molecule has 0 saturated heterocycles. The lowest BCUT2D eigenvalue weighted by Crippen LogP contribution is -2.34. The van der Waals surface area contributed by atoms with E-state index in [1.807, 2.05) is 42.5 Å². The summed E-state index contributed by atoms with van der Waals surface area (Å²) in [5.74, 6) is 0.664. The number of benzene rings is 2. The maximum absolute atomic E-state index is 12.2. The summed E-state index contributed by atoms with van der Waals surface area (Å²) in [6.07, 6.45) is 3.14. The van der Waals surface area contributed by atoms with Gasteiger partial charge in [0.05, 0.1) is 5.69 Å². The summed E-state index contributed by atoms with van der Waals surface area (Å²) in [4.78, 5) is 16.8. The summed E-state index contributed by atoms with van der Waals surface area (Å²) in [5.41, 5.74) is 8.98. The van der Waals surface area contributed by atoms with E-state index in [1.165, 1.54) is 0 Å². The van der Waals surface area contributed by atoms with Crippen LogP contribution in [-0.2, 0) is 4.79 Å². The van der Waals surface area contributed by atoms with Gasteiger partial charge in [0, 0.05) is 30.9 Å². The fourth-order valence-corrected chi connectivity index (χ4v) is 3.53. The molecule has 4 aromatic rings. The second-order valence-corrected chi connectivity index (χ2v) is 7.69. The van der Waals surface area contributed by atoms with Gasteiger partial charge in [-0.05, 0) is 36.0 Å². The van der Waals surface area contributed by atoms with Crippen LogP contribution in [0, 0.1) is 0 Å². The first-order valence-corrected chi connectivity index (χ1v) is 10.8. The number of aromatic nitrogens is 3. The van der Waals surface area contributed by atoms with E-state index in [4.69, 9.17) is 13.6 Å². The lowest BCUT2D eigenvalue weighted by Gasteiger charge is -2.13. The second-order valence-electron chi connectivity index (χ2n) is 7.69. The standard InChI is InChI=1S/C24H25BN6O2/c25-18-15-29-31-21(14-19(30-23(18)31)17-10-4-5-11-20(17)32)27-12-6-7-13-28-24(33)22(26)16-8-2-1-3-9-16/h1-5,8-11,14-15,22,27,32H,6-7,12-13,26H2,(H,28,33). The number of carbonyl (C=O) groups is 1. The molecule has 166 valence electrons. The molecule has 33 heavy (non-hydrogen) atoms. The number of carbonyl (C=O) groups excluding carboxylic acids is 1. The van der Waals surface area contributed by atoms with E-state index >= 15 is 0 Å². The van der Waals surface area contributed by atoms with E-state index in [-0.39, 0.29) is 11.7 Å². The number of nitrogens with zero attached hydrogens (tertiary/aromatic N) is 3. The maximum atomic E-state index is 12.2. The van der Waals surface area contributed by atoms with E-state index < -0.39 is 6.04 Å². The third kappa shape index (κ3) is 5.15. The van der Waals surface area contributed by atoms with Crippen LogP contribution in [0.25, 0.3) is 16.9 Å². The number of aromatic hydroxyl groups is 1. The zero-order valence-corrected chi connectivity index (χ0v) is 18.1. The average molecular weight is 440 g/mol. The molecule has 2 aromatic carbocycles. The molecule has 1 unspecified atom stereocenters. The average Bonchev–Trinajstić information content (AvgIpc) is 3.22. The van der Waals surface area contributed by atoms with Gasteiger partial charge in [-0.15, -0.1) is 0 Å². The Morgan fingerprint density at radius 2 is 1.82 bits per heavy atom. The summed E-state index contributed by atoms with van der Waals surface area (Å²) in [7, 11) is 6.03. The van der Waals surface area contributed by atoms with Crippen molar-refractivity contribution in [2.24, 2.45) is 5.73 Å². The Hall–Kier alpha value is -3.85. The van der Waals surface area contributed by atoms with Crippen molar-refractivity contribution in [2.45, 2.75) is 18.9 Å². The highest BCUT2D eigenvalue weighted by Crippen LogP contribution is 2.29. The monoisotopic (exact) mass is 440 g/mol. The molecule has 5 N–H and O–H groups in total. The van der Waals surface area contributed by atoms with Crippen LogP contribution in [0.1, 0.15) is 24.4 Å². The van der Waals surface area contributed by atoms with Gasteiger partial charge in [-0.2, -0.15) is 9.61 Å². The molecule has 0 spiro atoms. The first-order valence-electron chi connectivity index (χ1n) is 10.8. The molecule has 0 aliphatic rings. The van der Waals surface area contributed by atoms with Crippen LogP contribution in [-0.4, -0.2) is 46.5 Å². The molecule has 0 fully saturated rings. The lowest BCUT2D eigenvalue weighted by atomic mass is 10.0. The molecular weight excluding hydrogens is 415 g/mol. The predicted octanol–water partition coefficient (Wildman–Crippen LogP) is 1.90. The smallest absolute Gasteiger partial charge is 0.241 e. The summed E-state index contributed by atoms with van der Waals surface area (Å²) in [6.45, 7) is 1.18.